The van der Waals surface area contributed by atoms with Gasteiger partial charge in [-0.2, -0.15) is 0 Å². The second kappa shape index (κ2) is 6.71. The van der Waals surface area contributed by atoms with Crippen molar-refractivity contribution in [3.63, 3.8) is 0 Å². The molecule has 0 saturated carbocycles. The Kier molecular flexibility index (Phi) is 5.10. The highest BCUT2D eigenvalue weighted by molar-refractivity contribution is 7.86. The second-order valence-corrected chi connectivity index (χ2v) is 6.37. The maximum absolute atomic E-state index is 13.2. The quantitative estimate of drug-likeness (QED) is 0.813. The maximum Gasteiger partial charge on any atom is 0.357 e. The molecule has 1 aliphatic rings. The van der Waals surface area contributed by atoms with E-state index >= 15 is 0 Å². The van der Waals surface area contributed by atoms with E-state index < -0.39 is 39.9 Å². The zero-order valence-electron chi connectivity index (χ0n) is 12.4. The lowest BCUT2D eigenvalue weighted by molar-refractivity contribution is -0.251. The van der Waals surface area contributed by atoms with Gasteiger partial charge in [0.2, 0.25) is 0 Å². The summed E-state index contributed by atoms with van der Waals surface area (Å²) in [7, 11) is -2.20. The number of halogens is 2. The average Bonchev–Trinajstić information content (AvgIpc) is 2.87. The first-order valence-electron chi connectivity index (χ1n) is 6.72. The molecule has 9 heteroatoms. The molecule has 0 amide bonds. The first kappa shape index (κ1) is 17.5. The van der Waals surface area contributed by atoms with Crippen molar-refractivity contribution in [2.45, 2.75) is 36.2 Å². The molecule has 0 spiro atoms. The number of carbonyl (C=O) groups excluding carboxylic acids is 1. The number of rotatable bonds is 5. The lowest BCUT2D eigenvalue weighted by Crippen LogP contribution is -2.53. The van der Waals surface area contributed by atoms with Crippen molar-refractivity contribution in [3.8, 4) is 0 Å². The SMILES string of the molecule is CCOC(=O)C1=NOC(O)(C(F)F)C1[S@@](=O)c1ccc(C)cc1. The van der Waals surface area contributed by atoms with Crippen LogP contribution >= 0.6 is 0 Å². The Balaban J connectivity index is 2.42. The minimum atomic E-state index is -3.42. The van der Waals surface area contributed by atoms with E-state index in [0.717, 1.165) is 5.56 Å². The van der Waals surface area contributed by atoms with Crippen LogP contribution in [0.15, 0.2) is 34.3 Å². The summed E-state index contributed by atoms with van der Waals surface area (Å²) in [4.78, 5) is 16.3. The fourth-order valence-electron chi connectivity index (χ4n) is 1.98. The summed E-state index contributed by atoms with van der Waals surface area (Å²) in [6.45, 7) is 3.28. The van der Waals surface area contributed by atoms with Gasteiger partial charge >= 0.3 is 18.2 Å². The van der Waals surface area contributed by atoms with Crippen molar-refractivity contribution in [2.75, 3.05) is 6.61 Å². The average molecular weight is 347 g/mol. The van der Waals surface area contributed by atoms with Crippen LogP contribution in [0, 0.1) is 6.92 Å². The maximum atomic E-state index is 13.2. The molecule has 23 heavy (non-hydrogen) atoms. The largest absolute Gasteiger partial charge is 0.461 e. The van der Waals surface area contributed by atoms with Gasteiger partial charge in [0.25, 0.3) is 0 Å². The van der Waals surface area contributed by atoms with Gasteiger partial charge in [-0.15, -0.1) is 0 Å². The zero-order chi connectivity index (χ0) is 17.2. The van der Waals surface area contributed by atoms with Crippen LogP contribution < -0.4 is 0 Å². The third-order valence-electron chi connectivity index (χ3n) is 3.18. The van der Waals surface area contributed by atoms with E-state index in [1.165, 1.54) is 19.1 Å². The Morgan fingerprint density at radius 1 is 1.48 bits per heavy atom. The molecule has 1 aromatic rings. The van der Waals surface area contributed by atoms with Gasteiger partial charge in [-0.25, -0.2) is 13.6 Å². The van der Waals surface area contributed by atoms with Crippen LogP contribution in [0.2, 0.25) is 0 Å². The van der Waals surface area contributed by atoms with Gasteiger partial charge < -0.3 is 14.7 Å². The molecule has 6 nitrogen and oxygen atoms in total. The number of aliphatic hydroxyl groups is 1. The highest BCUT2D eigenvalue weighted by atomic mass is 32.2. The molecule has 0 saturated heterocycles. The smallest absolute Gasteiger partial charge is 0.357 e. The molecule has 0 radical (unpaired) electrons. The van der Waals surface area contributed by atoms with Crippen LogP contribution in [-0.4, -0.2) is 45.1 Å². The number of nitrogens with zero attached hydrogens (tertiary/aromatic N) is 1. The Bertz CT molecular complexity index is 649. The number of carbonyl (C=O) groups is 1. The molecular weight excluding hydrogens is 332 g/mol. The summed E-state index contributed by atoms with van der Waals surface area (Å²) < 4.78 is 43.7. The minimum absolute atomic E-state index is 0.0329. The van der Waals surface area contributed by atoms with Crippen molar-refractivity contribution >= 4 is 22.5 Å². The second-order valence-electron chi connectivity index (χ2n) is 4.83. The molecular formula is C14H15F2NO5S. The zero-order valence-corrected chi connectivity index (χ0v) is 13.2. The van der Waals surface area contributed by atoms with Crippen molar-refractivity contribution in [1.82, 2.24) is 0 Å². The molecule has 0 aliphatic carbocycles. The number of hydrogen-bond donors (Lipinski definition) is 1. The topological polar surface area (TPSA) is 85.2 Å². The van der Waals surface area contributed by atoms with Crippen LogP contribution in [0.4, 0.5) is 8.78 Å². The molecule has 126 valence electrons. The minimum Gasteiger partial charge on any atom is -0.461 e. The summed E-state index contributed by atoms with van der Waals surface area (Å²) >= 11 is 0. The number of benzene rings is 1. The lowest BCUT2D eigenvalue weighted by atomic mass is 10.1. The van der Waals surface area contributed by atoms with Gasteiger partial charge in [0.05, 0.1) is 17.4 Å². The summed E-state index contributed by atoms with van der Waals surface area (Å²) in [6, 6.07) is 6.17. The molecule has 0 bridgehead atoms. The van der Waals surface area contributed by atoms with E-state index in [2.05, 4.69) is 9.99 Å². The predicted octanol–water partition coefficient (Wildman–Crippen LogP) is 1.37. The molecule has 1 N–H and O–H groups in total. The highest BCUT2D eigenvalue weighted by Gasteiger charge is 2.60. The Morgan fingerprint density at radius 2 is 2.09 bits per heavy atom. The fraction of sp³-hybridized carbons (Fsp3) is 0.429. The number of oxime groups is 1. The highest BCUT2D eigenvalue weighted by Crippen LogP contribution is 2.34. The molecule has 2 rings (SSSR count). The summed E-state index contributed by atoms with van der Waals surface area (Å²) in [5.74, 6) is -4.22. The van der Waals surface area contributed by atoms with E-state index in [9.17, 15) is 22.9 Å². The number of alkyl halides is 2. The predicted molar refractivity (Wildman–Crippen MR) is 77.5 cm³/mol. The van der Waals surface area contributed by atoms with Gasteiger partial charge in [-0.05, 0) is 26.0 Å². The van der Waals surface area contributed by atoms with Crippen molar-refractivity contribution in [2.24, 2.45) is 5.16 Å². The van der Waals surface area contributed by atoms with E-state index in [0.29, 0.717) is 0 Å². The Hall–Kier alpha value is -1.87. The van der Waals surface area contributed by atoms with Gasteiger partial charge in [0.15, 0.2) is 11.0 Å². The summed E-state index contributed by atoms with van der Waals surface area (Å²) in [5.41, 5.74) is 0.241. The number of ether oxygens (including phenoxy) is 1. The van der Waals surface area contributed by atoms with Gasteiger partial charge in [-0.3, -0.25) is 4.21 Å². The molecule has 1 aliphatic heterocycles. The number of hydrogen-bond acceptors (Lipinski definition) is 6. The number of esters is 1. The normalized spacial score (nSPS) is 25.0. The van der Waals surface area contributed by atoms with Crippen LogP contribution in [0.25, 0.3) is 0 Å². The molecule has 0 aromatic heterocycles. The van der Waals surface area contributed by atoms with Crippen LogP contribution in [-0.2, 0) is 25.2 Å². The van der Waals surface area contributed by atoms with Crippen LogP contribution in [0.5, 0.6) is 0 Å². The Morgan fingerprint density at radius 3 is 2.61 bits per heavy atom. The van der Waals surface area contributed by atoms with Crippen molar-refractivity contribution < 1.29 is 32.5 Å². The first-order chi connectivity index (χ1) is 10.8. The van der Waals surface area contributed by atoms with E-state index in [-0.39, 0.29) is 11.5 Å². The first-order valence-corrected chi connectivity index (χ1v) is 7.93. The fourth-order valence-corrected chi connectivity index (χ4v) is 3.45. The van der Waals surface area contributed by atoms with Crippen molar-refractivity contribution in [3.05, 3.63) is 29.8 Å². The lowest BCUT2D eigenvalue weighted by Gasteiger charge is -2.25. The molecule has 0 fully saturated rings. The standard InChI is InChI=1S/C14H15F2NO5S/c1-3-21-12(18)10-11(14(19,13(15)16)22-17-10)23(20)9-6-4-8(2)5-7-9/h4-7,11,13,19H,3H2,1-2H3/t11?,14?,23-/m0/s1. The molecule has 1 heterocycles. The van der Waals surface area contributed by atoms with Gasteiger partial charge in [0, 0.05) is 4.90 Å². The Labute approximate surface area is 133 Å². The third-order valence-corrected chi connectivity index (χ3v) is 4.90. The monoisotopic (exact) mass is 347 g/mol. The van der Waals surface area contributed by atoms with Crippen LogP contribution in [0.3, 0.4) is 0 Å². The third kappa shape index (κ3) is 3.25. The van der Waals surface area contributed by atoms with Gasteiger partial charge in [0.1, 0.15) is 0 Å². The van der Waals surface area contributed by atoms with Gasteiger partial charge in [-0.1, -0.05) is 22.9 Å². The molecule has 1 aromatic carbocycles. The van der Waals surface area contributed by atoms with Crippen LogP contribution in [0.1, 0.15) is 12.5 Å². The number of aryl methyl sites for hydroxylation is 1. The van der Waals surface area contributed by atoms with E-state index in [4.69, 9.17) is 4.74 Å². The molecule has 2 unspecified atom stereocenters. The molecule has 3 atom stereocenters. The van der Waals surface area contributed by atoms with E-state index in [1.54, 1.807) is 19.1 Å². The van der Waals surface area contributed by atoms with Crippen molar-refractivity contribution in [1.29, 1.82) is 0 Å². The van der Waals surface area contributed by atoms with E-state index in [1.807, 2.05) is 0 Å². The summed E-state index contributed by atoms with van der Waals surface area (Å²) in [5, 5.41) is 11.4. The summed E-state index contributed by atoms with van der Waals surface area (Å²) in [6.07, 6.45) is -3.42.